The highest BCUT2D eigenvalue weighted by molar-refractivity contribution is 5.41. The van der Waals surface area contributed by atoms with Gasteiger partial charge in [-0.25, -0.2) is 0 Å². The maximum atomic E-state index is 12.0. The van der Waals surface area contributed by atoms with Gasteiger partial charge in [0.2, 0.25) is 0 Å². The Hall–Kier alpha value is -1.49. The van der Waals surface area contributed by atoms with E-state index >= 15 is 0 Å². The molecule has 1 aromatic carbocycles. The highest BCUT2D eigenvalue weighted by atomic mass is 19.1. The van der Waals surface area contributed by atoms with Gasteiger partial charge in [0.05, 0.1) is 11.6 Å². The number of nitro groups is 1. The number of hydrogen-bond donors (Lipinski definition) is 1. The second-order valence-corrected chi connectivity index (χ2v) is 2.90. The Kier molecular flexibility index (Phi) is 3.53. The quantitative estimate of drug-likeness (QED) is 0.593. The van der Waals surface area contributed by atoms with Crippen molar-refractivity contribution in [3.8, 4) is 0 Å². The highest BCUT2D eigenvalue weighted by Gasteiger charge is 2.17. The normalized spacial score (nSPS) is 12.4. The number of halogens is 1. The molecule has 2 N–H and O–H groups in total. The first-order valence-electron chi connectivity index (χ1n) is 4.21. The van der Waals surface area contributed by atoms with E-state index in [-0.39, 0.29) is 12.1 Å². The second-order valence-electron chi connectivity index (χ2n) is 2.90. The Morgan fingerprint density at radius 3 is 2.71 bits per heavy atom. The van der Waals surface area contributed by atoms with E-state index in [1.54, 1.807) is 18.2 Å². The average molecular weight is 198 g/mol. The van der Waals surface area contributed by atoms with Crippen LogP contribution in [-0.4, -0.2) is 11.6 Å². The van der Waals surface area contributed by atoms with Crippen LogP contribution in [0.1, 0.15) is 18.0 Å². The van der Waals surface area contributed by atoms with Gasteiger partial charge in [-0.3, -0.25) is 14.5 Å². The van der Waals surface area contributed by atoms with E-state index in [0.717, 1.165) is 0 Å². The first-order chi connectivity index (χ1) is 6.66. The molecule has 0 radical (unpaired) electrons. The van der Waals surface area contributed by atoms with Crippen molar-refractivity contribution in [3.63, 3.8) is 0 Å². The Morgan fingerprint density at radius 2 is 2.14 bits per heavy atom. The number of nitrogens with zero attached hydrogens (tertiary/aromatic N) is 1. The molecule has 1 aromatic rings. The summed E-state index contributed by atoms with van der Waals surface area (Å²) >= 11 is 0. The van der Waals surface area contributed by atoms with Gasteiger partial charge >= 0.3 is 0 Å². The number of rotatable bonds is 4. The molecule has 0 saturated carbocycles. The van der Waals surface area contributed by atoms with Gasteiger partial charge in [-0.15, -0.1) is 0 Å². The summed E-state index contributed by atoms with van der Waals surface area (Å²) in [5, 5.41) is 10.6. The number of nitro benzene ring substituents is 1. The Balaban J connectivity index is 3.00. The smallest absolute Gasteiger partial charge is 0.274 e. The molecule has 0 aliphatic heterocycles. The van der Waals surface area contributed by atoms with Gasteiger partial charge in [0, 0.05) is 17.7 Å². The minimum absolute atomic E-state index is 0.0477. The summed E-state index contributed by atoms with van der Waals surface area (Å²) in [5.41, 5.74) is 5.94. The molecule has 0 saturated heterocycles. The first kappa shape index (κ1) is 10.6. The molecule has 5 heteroatoms. The molecule has 0 spiro atoms. The van der Waals surface area contributed by atoms with E-state index in [9.17, 15) is 14.5 Å². The fourth-order valence-corrected chi connectivity index (χ4v) is 1.24. The summed E-state index contributed by atoms with van der Waals surface area (Å²) in [4.78, 5) is 10.1. The Bertz CT molecular complexity index is 330. The monoisotopic (exact) mass is 198 g/mol. The average Bonchev–Trinajstić information content (AvgIpc) is 2.18. The van der Waals surface area contributed by atoms with Crippen molar-refractivity contribution in [1.82, 2.24) is 0 Å². The number of alkyl halides is 1. The van der Waals surface area contributed by atoms with Crippen molar-refractivity contribution >= 4 is 5.69 Å². The summed E-state index contributed by atoms with van der Waals surface area (Å²) in [5.74, 6) is 0. The molecule has 0 unspecified atom stereocenters. The SMILES string of the molecule is N[C@@H](CCF)c1ccccc1[N+](=O)[O-]. The van der Waals surface area contributed by atoms with Gasteiger partial charge in [-0.1, -0.05) is 18.2 Å². The molecule has 1 atom stereocenters. The van der Waals surface area contributed by atoms with E-state index in [4.69, 9.17) is 5.73 Å². The standard InChI is InChI=1S/C9H11FN2O2/c10-6-5-8(11)7-3-1-2-4-9(7)12(13)14/h1-4,8H,5-6,11H2/t8-/m0/s1. The fourth-order valence-electron chi connectivity index (χ4n) is 1.24. The third kappa shape index (κ3) is 2.26. The van der Waals surface area contributed by atoms with E-state index < -0.39 is 17.6 Å². The topological polar surface area (TPSA) is 69.2 Å². The predicted octanol–water partition coefficient (Wildman–Crippen LogP) is 1.95. The molecule has 0 aliphatic carbocycles. The van der Waals surface area contributed by atoms with Crippen LogP contribution >= 0.6 is 0 Å². The van der Waals surface area contributed by atoms with Crippen LogP contribution in [-0.2, 0) is 0 Å². The minimum Gasteiger partial charge on any atom is -0.324 e. The molecular formula is C9H11FN2O2. The van der Waals surface area contributed by atoms with Crippen molar-refractivity contribution < 1.29 is 9.31 Å². The lowest BCUT2D eigenvalue weighted by atomic mass is 10.0. The van der Waals surface area contributed by atoms with Gasteiger partial charge in [0.25, 0.3) is 5.69 Å². The predicted molar refractivity (Wildman–Crippen MR) is 50.6 cm³/mol. The summed E-state index contributed by atoms with van der Waals surface area (Å²) in [6.45, 7) is -0.576. The number of nitrogens with two attached hydrogens (primary N) is 1. The van der Waals surface area contributed by atoms with Gasteiger partial charge in [-0.05, 0) is 6.42 Å². The molecule has 0 aromatic heterocycles. The van der Waals surface area contributed by atoms with E-state index in [2.05, 4.69) is 0 Å². The van der Waals surface area contributed by atoms with Crippen LogP contribution in [0.25, 0.3) is 0 Å². The molecule has 1 rings (SSSR count). The molecule has 0 heterocycles. The van der Waals surface area contributed by atoms with Crippen LogP contribution in [0.4, 0.5) is 10.1 Å². The Morgan fingerprint density at radius 1 is 1.50 bits per heavy atom. The summed E-state index contributed by atoms with van der Waals surface area (Å²) in [6, 6.07) is 5.53. The van der Waals surface area contributed by atoms with Gasteiger partial charge in [0.1, 0.15) is 0 Å². The molecule has 0 fully saturated rings. The third-order valence-electron chi connectivity index (χ3n) is 1.95. The zero-order valence-electron chi connectivity index (χ0n) is 7.52. The van der Waals surface area contributed by atoms with E-state index in [0.29, 0.717) is 5.56 Å². The van der Waals surface area contributed by atoms with E-state index in [1.807, 2.05) is 0 Å². The van der Waals surface area contributed by atoms with Crippen LogP contribution in [0.5, 0.6) is 0 Å². The van der Waals surface area contributed by atoms with Crippen LogP contribution in [0.2, 0.25) is 0 Å². The number of para-hydroxylation sites is 1. The fraction of sp³-hybridized carbons (Fsp3) is 0.333. The zero-order chi connectivity index (χ0) is 10.6. The molecule has 0 amide bonds. The van der Waals surface area contributed by atoms with Crippen molar-refractivity contribution in [2.24, 2.45) is 5.73 Å². The molecule has 0 bridgehead atoms. The molecular weight excluding hydrogens is 187 g/mol. The first-order valence-corrected chi connectivity index (χ1v) is 4.21. The molecule has 14 heavy (non-hydrogen) atoms. The van der Waals surface area contributed by atoms with Crippen molar-refractivity contribution in [2.45, 2.75) is 12.5 Å². The lowest BCUT2D eigenvalue weighted by Crippen LogP contribution is -2.12. The van der Waals surface area contributed by atoms with Crippen molar-refractivity contribution in [3.05, 3.63) is 39.9 Å². The maximum absolute atomic E-state index is 12.0. The number of hydrogen-bond acceptors (Lipinski definition) is 3. The zero-order valence-corrected chi connectivity index (χ0v) is 7.52. The lowest BCUT2D eigenvalue weighted by Gasteiger charge is -2.09. The molecule has 4 nitrogen and oxygen atoms in total. The molecule has 76 valence electrons. The van der Waals surface area contributed by atoms with Crippen molar-refractivity contribution in [1.29, 1.82) is 0 Å². The summed E-state index contributed by atoms with van der Waals surface area (Å²) in [6.07, 6.45) is 0.102. The largest absolute Gasteiger partial charge is 0.324 e. The van der Waals surface area contributed by atoms with Crippen molar-refractivity contribution in [2.75, 3.05) is 6.67 Å². The van der Waals surface area contributed by atoms with Gasteiger partial charge in [-0.2, -0.15) is 0 Å². The highest BCUT2D eigenvalue weighted by Crippen LogP contribution is 2.24. The van der Waals surface area contributed by atoms with Gasteiger partial charge in [0.15, 0.2) is 0 Å². The number of benzene rings is 1. The van der Waals surface area contributed by atoms with Gasteiger partial charge < -0.3 is 5.73 Å². The molecule has 0 aliphatic rings. The lowest BCUT2D eigenvalue weighted by molar-refractivity contribution is -0.385. The summed E-state index contributed by atoms with van der Waals surface area (Å²) < 4.78 is 12.0. The Labute approximate surface area is 80.7 Å². The third-order valence-corrected chi connectivity index (χ3v) is 1.95. The van der Waals surface area contributed by atoms with Crippen LogP contribution < -0.4 is 5.73 Å². The maximum Gasteiger partial charge on any atom is 0.274 e. The van der Waals surface area contributed by atoms with Crippen LogP contribution in [0.3, 0.4) is 0 Å². The minimum atomic E-state index is -0.610. The van der Waals surface area contributed by atoms with Crippen LogP contribution in [0, 0.1) is 10.1 Å². The van der Waals surface area contributed by atoms with E-state index in [1.165, 1.54) is 6.07 Å². The summed E-state index contributed by atoms with van der Waals surface area (Å²) in [7, 11) is 0. The van der Waals surface area contributed by atoms with Crippen LogP contribution in [0.15, 0.2) is 24.3 Å². The second kappa shape index (κ2) is 4.66.